The smallest absolute Gasteiger partial charge is 0.321 e. The van der Waals surface area contributed by atoms with E-state index in [1.807, 2.05) is 24.3 Å². The summed E-state index contributed by atoms with van der Waals surface area (Å²) in [5.74, 6) is 0. The molecule has 0 unspecified atom stereocenters. The zero-order valence-corrected chi connectivity index (χ0v) is 11.6. The lowest BCUT2D eigenvalue weighted by Gasteiger charge is -2.06. The SMILES string of the molecule is O=C(NCc1ccc(-n2cncn2)cc1)Nc1nncs1. The molecule has 2 heterocycles. The lowest BCUT2D eigenvalue weighted by atomic mass is 10.2. The summed E-state index contributed by atoms with van der Waals surface area (Å²) in [7, 11) is 0. The molecule has 0 radical (unpaired) electrons. The average molecular weight is 301 g/mol. The van der Waals surface area contributed by atoms with Crippen LogP contribution in [-0.4, -0.2) is 31.0 Å². The van der Waals surface area contributed by atoms with Crippen LogP contribution in [0.1, 0.15) is 5.56 Å². The van der Waals surface area contributed by atoms with Crippen LogP contribution < -0.4 is 10.6 Å². The lowest BCUT2D eigenvalue weighted by Crippen LogP contribution is -2.28. The van der Waals surface area contributed by atoms with Crippen LogP contribution in [0.25, 0.3) is 5.69 Å². The minimum absolute atomic E-state index is 0.313. The summed E-state index contributed by atoms with van der Waals surface area (Å²) >= 11 is 1.26. The van der Waals surface area contributed by atoms with Crippen molar-refractivity contribution in [3.8, 4) is 5.69 Å². The van der Waals surface area contributed by atoms with E-state index in [0.29, 0.717) is 11.7 Å². The fourth-order valence-corrected chi connectivity index (χ4v) is 2.10. The number of hydrogen-bond donors (Lipinski definition) is 2. The van der Waals surface area contributed by atoms with Gasteiger partial charge in [0.2, 0.25) is 5.13 Å². The number of hydrogen-bond acceptors (Lipinski definition) is 6. The van der Waals surface area contributed by atoms with Crippen molar-refractivity contribution < 1.29 is 4.79 Å². The van der Waals surface area contributed by atoms with E-state index >= 15 is 0 Å². The predicted molar refractivity (Wildman–Crippen MR) is 77.1 cm³/mol. The second kappa shape index (κ2) is 6.09. The van der Waals surface area contributed by atoms with E-state index in [2.05, 4.69) is 30.9 Å². The Hall–Kier alpha value is -2.81. The molecule has 3 rings (SSSR count). The van der Waals surface area contributed by atoms with Crippen LogP contribution >= 0.6 is 11.3 Å². The monoisotopic (exact) mass is 301 g/mol. The van der Waals surface area contributed by atoms with Crippen molar-refractivity contribution in [1.82, 2.24) is 30.3 Å². The maximum absolute atomic E-state index is 11.6. The van der Waals surface area contributed by atoms with Crippen LogP contribution in [0.2, 0.25) is 0 Å². The van der Waals surface area contributed by atoms with Crippen LogP contribution in [0.5, 0.6) is 0 Å². The molecule has 8 nitrogen and oxygen atoms in total. The molecule has 0 spiro atoms. The van der Waals surface area contributed by atoms with Crippen LogP contribution in [0.4, 0.5) is 9.93 Å². The summed E-state index contributed by atoms with van der Waals surface area (Å²) in [5, 5.41) is 17.2. The summed E-state index contributed by atoms with van der Waals surface area (Å²) in [4.78, 5) is 15.5. The number of urea groups is 1. The second-order valence-corrected chi connectivity index (χ2v) is 4.89. The first-order valence-electron chi connectivity index (χ1n) is 6.06. The molecular formula is C12H11N7OS. The van der Waals surface area contributed by atoms with Gasteiger partial charge in [0.05, 0.1) is 5.69 Å². The molecular weight excluding hydrogens is 290 g/mol. The topological polar surface area (TPSA) is 97.6 Å². The van der Waals surface area contributed by atoms with Crippen molar-refractivity contribution >= 4 is 22.5 Å². The highest BCUT2D eigenvalue weighted by molar-refractivity contribution is 7.13. The maximum atomic E-state index is 11.6. The van der Waals surface area contributed by atoms with Gasteiger partial charge in [-0.05, 0) is 17.7 Å². The largest absolute Gasteiger partial charge is 0.334 e. The van der Waals surface area contributed by atoms with Gasteiger partial charge in [-0.1, -0.05) is 23.5 Å². The van der Waals surface area contributed by atoms with Gasteiger partial charge in [0.15, 0.2) is 0 Å². The third-order valence-electron chi connectivity index (χ3n) is 2.65. The van der Waals surface area contributed by atoms with E-state index < -0.39 is 0 Å². The molecule has 1 aromatic carbocycles. The maximum Gasteiger partial charge on any atom is 0.321 e. The van der Waals surface area contributed by atoms with E-state index in [-0.39, 0.29) is 6.03 Å². The first-order valence-corrected chi connectivity index (χ1v) is 6.94. The molecule has 0 aliphatic heterocycles. The van der Waals surface area contributed by atoms with E-state index in [9.17, 15) is 4.79 Å². The number of nitrogens with zero attached hydrogens (tertiary/aromatic N) is 5. The van der Waals surface area contributed by atoms with Crippen molar-refractivity contribution in [3.63, 3.8) is 0 Å². The molecule has 2 amide bonds. The van der Waals surface area contributed by atoms with Gasteiger partial charge in [-0.15, -0.1) is 10.2 Å². The standard InChI is InChI=1S/C12H11N7OS/c20-11(17-12-18-15-8-21-12)14-5-9-1-3-10(4-2-9)19-7-13-6-16-19/h1-4,6-8H,5H2,(H2,14,17,18,20). The predicted octanol–water partition coefficient (Wildman–Crippen LogP) is 1.44. The van der Waals surface area contributed by atoms with Gasteiger partial charge in [-0.3, -0.25) is 5.32 Å². The zero-order chi connectivity index (χ0) is 14.5. The molecule has 0 aliphatic carbocycles. The van der Waals surface area contributed by atoms with Crippen molar-refractivity contribution in [1.29, 1.82) is 0 Å². The Morgan fingerprint density at radius 2 is 2.14 bits per heavy atom. The first kappa shape index (κ1) is 13.2. The number of amides is 2. The molecule has 2 N–H and O–H groups in total. The minimum Gasteiger partial charge on any atom is -0.334 e. The van der Waals surface area contributed by atoms with Gasteiger partial charge in [-0.25, -0.2) is 14.5 Å². The molecule has 0 saturated heterocycles. The van der Waals surface area contributed by atoms with Gasteiger partial charge in [0.1, 0.15) is 18.2 Å². The van der Waals surface area contributed by atoms with Gasteiger partial charge in [0.25, 0.3) is 0 Å². The molecule has 9 heteroatoms. The molecule has 0 aliphatic rings. The van der Waals surface area contributed by atoms with E-state index in [1.54, 1.807) is 16.5 Å². The zero-order valence-electron chi connectivity index (χ0n) is 10.8. The molecule has 21 heavy (non-hydrogen) atoms. The molecule has 106 valence electrons. The van der Waals surface area contributed by atoms with Gasteiger partial charge >= 0.3 is 6.03 Å². The number of nitrogens with one attached hydrogen (secondary N) is 2. The molecule has 0 fully saturated rings. The Morgan fingerprint density at radius 1 is 1.29 bits per heavy atom. The summed E-state index contributed by atoms with van der Waals surface area (Å²) in [5.41, 5.74) is 3.44. The fraction of sp³-hybridized carbons (Fsp3) is 0.0833. The van der Waals surface area contributed by atoms with E-state index in [0.717, 1.165) is 11.3 Å². The van der Waals surface area contributed by atoms with Crippen LogP contribution in [0, 0.1) is 0 Å². The van der Waals surface area contributed by atoms with Crippen molar-refractivity contribution in [2.75, 3.05) is 5.32 Å². The molecule has 0 saturated carbocycles. The van der Waals surface area contributed by atoms with Gasteiger partial charge in [-0.2, -0.15) is 5.10 Å². The van der Waals surface area contributed by atoms with Gasteiger partial charge < -0.3 is 5.32 Å². The Bertz CT molecular complexity index is 694. The Kier molecular flexibility index (Phi) is 3.83. The van der Waals surface area contributed by atoms with Gasteiger partial charge in [0, 0.05) is 6.54 Å². The summed E-state index contributed by atoms with van der Waals surface area (Å²) in [6.07, 6.45) is 3.11. The fourth-order valence-electron chi connectivity index (χ4n) is 1.66. The summed E-state index contributed by atoms with van der Waals surface area (Å²) < 4.78 is 1.67. The molecule has 0 bridgehead atoms. The van der Waals surface area contributed by atoms with Crippen LogP contribution in [-0.2, 0) is 6.54 Å². The van der Waals surface area contributed by atoms with Crippen LogP contribution in [0.15, 0.2) is 42.4 Å². The molecule has 2 aromatic heterocycles. The number of carbonyl (C=O) groups is 1. The Balaban J connectivity index is 1.55. The Morgan fingerprint density at radius 3 is 2.81 bits per heavy atom. The number of carbonyl (C=O) groups excluding carboxylic acids is 1. The highest BCUT2D eigenvalue weighted by atomic mass is 32.1. The van der Waals surface area contributed by atoms with E-state index in [4.69, 9.17) is 0 Å². The summed E-state index contributed by atoms with van der Waals surface area (Å²) in [6, 6.07) is 7.35. The second-order valence-electron chi connectivity index (χ2n) is 4.06. The first-order chi connectivity index (χ1) is 10.3. The number of anilines is 1. The minimum atomic E-state index is -0.313. The lowest BCUT2D eigenvalue weighted by molar-refractivity contribution is 0.251. The summed E-state index contributed by atoms with van der Waals surface area (Å²) in [6.45, 7) is 0.419. The average Bonchev–Trinajstić information content (AvgIpc) is 3.19. The van der Waals surface area contributed by atoms with Crippen LogP contribution in [0.3, 0.4) is 0 Å². The third-order valence-corrected chi connectivity index (χ3v) is 3.26. The Labute approximate surface area is 123 Å². The molecule has 3 aromatic rings. The number of aromatic nitrogens is 5. The normalized spacial score (nSPS) is 10.3. The molecule has 0 atom stereocenters. The quantitative estimate of drug-likeness (QED) is 0.760. The van der Waals surface area contributed by atoms with Crippen molar-refractivity contribution in [3.05, 3.63) is 48.0 Å². The third kappa shape index (κ3) is 3.39. The highest BCUT2D eigenvalue weighted by Crippen LogP contribution is 2.09. The van der Waals surface area contributed by atoms with E-state index in [1.165, 1.54) is 17.7 Å². The van der Waals surface area contributed by atoms with Crippen molar-refractivity contribution in [2.24, 2.45) is 0 Å². The van der Waals surface area contributed by atoms with Crippen molar-refractivity contribution in [2.45, 2.75) is 6.54 Å². The number of rotatable bonds is 4. The highest BCUT2D eigenvalue weighted by Gasteiger charge is 2.04. The number of benzene rings is 1.